The number of hydrogen-bond donors (Lipinski definition) is 1. The van der Waals surface area contributed by atoms with Gasteiger partial charge in [0.05, 0.1) is 11.9 Å². The van der Waals surface area contributed by atoms with Gasteiger partial charge in [0.2, 0.25) is 5.13 Å². The molecule has 3 rings (SSSR count). The molecule has 0 aliphatic carbocycles. The van der Waals surface area contributed by atoms with Crippen molar-refractivity contribution in [3.05, 3.63) is 75.8 Å². The summed E-state index contributed by atoms with van der Waals surface area (Å²) in [5.41, 5.74) is 8.48. The molecule has 0 saturated carbocycles. The zero-order valence-electron chi connectivity index (χ0n) is 14.6. The molecule has 1 aromatic heterocycles. The Morgan fingerprint density at radius 3 is 2.48 bits per heavy atom. The smallest absolute Gasteiger partial charge is 0.203 e. The number of anilines is 1. The van der Waals surface area contributed by atoms with Crippen LogP contribution < -0.4 is 10.2 Å². The average Bonchev–Trinajstić information content (AvgIpc) is 3.02. The molecule has 0 unspecified atom stereocenters. The largest absolute Gasteiger partial charge is 0.489 e. The van der Waals surface area contributed by atoms with Crippen LogP contribution in [0.25, 0.3) is 0 Å². The van der Waals surface area contributed by atoms with E-state index >= 15 is 0 Å². The van der Waals surface area contributed by atoms with E-state index in [1.807, 2.05) is 48.9 Å². The molecular formula is C20H21N3OS. The summed E-state index contributed by atoms with van der Waals surface area (Å²) >= 11 is 1.54. The van der Waals surface area contributed by atoms with Crippen LogP contribution in [0.5, 0.6) is 5.75 Å². The Labute approximate surface area is 152 Å². The van der Waals surface area contributed by atoms with Crippen molar-refractivity contribution >= 4 is 22.7 Å². The molecule has 1 N–H and O–H groups in total. The number of nitrogens with one attached hydrogen (secondary N) is 1. The molecule has 0 fully saturated rings. The number of nitrogens with zero attached hydrogens (tertiary/aromatic N) is 2. The summed E-state index contributed by atoms with van der Waals surface area (Å²) in [5, 5.41) is 7.09. The van der Waals surface area contributed by atoms with Gasteiger partial charge in [0.25, 0.3) is 0 Å². The number of hydrogen-bond acceptors (Lipinski definition) is 5. The lowest BCUT2D eigenvalue weighted by atomic mass is 10.0. The highest BCUT2D eigenvalue weighted by molar-refractivity contribution is 7.13. The van der Waals surface area contributed by atoms with Gasteiger partial charge in [-0.3, -0.25) is 5.43 Å². The lowest BCUT2D eigenvalue weighted by Crippen LogP contribution is -1.99. The van der Waals surface area contributed by atoms with Gasteiger partial charge in [-0.2, -0.15) is 5.10 Å². The fourth-order valence-corrected chi connectivity index (χ4v) is 3.16. The third-order valence-corrected chi connectivity index (χ3v) is 4.65. The van der Waals surface area contributed by atoms with E-state index in [0.717, 1.165) is 38.8 Å². The summed E-state index contributed by atoms with van der Waals surface area (Å²) in [7, 11) is 0. The molecule has 0 aliphatic heterocycles. The van der Waals surface area contributed by atoms with Crippen LogP contribution in [0.1, 0.15) is 27.9 Å². The minimum atomic E-state index is 0.568. The van der Waals surface area contributed by atoms with Crippen molar-refractivity contribution in [1.29, 1.82) is 0 Å². The number of thiazole rings is 1. The molecule has 2 aromatic carbocycles. The molecule has 0 bridgehead atoms. The van der Waals surface area contributed by atoms with Crippen molar-refractivity contribution in [2.75, 3.05) is 5.43 Å². The van der Waals surface area contributed by atoms with Crippen LogP contribution in [0.4, 0.5) is 5.13 Å². The molecular weight excluding hydrogens is 330 g/mol. The van der Waals surface area contributed by atoms with Crippen LogP contribution in [-0.2, 0) is 6.61 Å². The number of rotatable bonds is 6. The second-order valence-corrected chi connectivity index (χ2v) is 6.77. The fourth-order valence-electron chi connectivity index (χ4n) is 2.52. The van der Waals surface area contributed by atoms with E-state index in [0.29, 0.717) is 6.61 Å². The predicted molar refractivity (Wildman–Crippen MR) is 105 cm³/mol. The van der Waals surface area contributed by atoms with Crippen LogP contribution in [0.3, 0.4) is 0 Å². The molecule has 1 heterocycles. The van der Waals surface area contributed by atoms with E-state index in [2.05, 4.69) is 41.5 Å². The van der Waals surface area contributed by atoms with Crippen molar-refractivity contribution in [3.63, 3.8) is 0 Å². The van der Waals surface area contributed by atoms with Gasteiger partial charge in [-0.05, 0) is 49.6 Å². The van der Waals surface area contributed by atoms with Crippen LogP contribution in [0.15, 0.2) is 52.9 Å². The highest BCUT2D eigenvalue weighted by Crippen LogP contribution is 2.22. The lowest BCUT2D eigenvalue weighted by molar-refractivity contribution is 0.306. The zero-order valence-corrected chi connectivity index (χ0v) is 15.4. The van der Waals surface area contributed by atoms with E-state index in [1.54, 1.807) is 11.3 Å². The first kappa shape index (κ1) is 17.2. The van der Waals surface area contributed by atoms with Crippen molar-refractivity contribution in [3.8, 4) is 5.75 Å². The number of ether oxygens (including phenoxy) is 1. The van der Waals surface area contributed by atoms with E-state index < -0.39 is 0 Å². The fraction of sp³-hybridized carbons (Fsp3) is 0.200. The van der Waals surface area contributed by atoms with Crippen molar-refractivity contribution in [2.24, 2.45) is 5.10 Å². The van der Waals surface area contributed by atoms with Gasteiger partial charge in [-0.15, -0.1) is 11.3 Å². The second-order valence-electron chi connectivity index (χ2n) is 5.91. The summed E-state index contributed by atoms with van der Waals surface area (Å²) in [6, 6.07) is 14.3. The van der Waals surface area contributed by atoms with E-state index in [1.165, 1.54) is 0 Å². The first-order valence-electron chi connectivity index (χ1n) is 8.11. The molecule has 128 valence electrons. The number of aromatic nitrogens is 1. The Hall–Kier alpha value is -2.66. The lowest BCUT2D eigenvalue weighted by Gasteiger charge is -2.11. The monoisotopic (exact) mass is 351 g/mol. The van der Waals surface area contributed by atoms with E-state index in [9.17, 15) is 0 Å². The molecule has 0 amide bonds. The third-order valence-electron chi connectivity index (χ3n) is 3.79. The summed E-state index contributed by atoms with van der Waals surface area (Å²) in [4.78, 5) is 4.33. The highest BCUT2D eigenvalue weighted by atomic mass is 32.1. The van der Waals surface area contributed by atoms with Crippen molar-refractivity contribution in [1.82, 2.24) is 4.98 Å². The van der Waals surface area contributed by atoms with Gasteiger partial charge in [0.1, 0.15) is 12.4 Å². The molecule has 4 nitrogen and oxygen atoms in total. The van der Waals surface area contributed by atoms with Gasteiger partial charge >= 0.3 is 0 Å². The first-order chi connectivity index (χ1) is 12.1. The van der Waals surface area contributed by atoms with Crippen LogP contribution in [0.2, 0.25) is 0 Å². The predicted octanol–water partition coefficient (Wildman–Crippen LogP) is 5.09. The summed E-state index contributed by atoms with van der Waals surface area (Å²) in [5.74, 6) is 0.875. The second kappa shape index (κ2) is 7.94. The standard InChI is InChI=1S/C20H21N3OS/c1-14-9-18(24-12-17-7-5-4-6-8-17)10-15(2)19(14)11-21-23-20-22-16(3)13-25-20/h4-11,13H,12H2,1-3H3,(H,22,23). The van der Waals surface area contributed by atoms with Gasteiger partial charge < -0.3 is 4.74 Å². The number of hydrazone groups is 1. The summed E-state index contributed by atoms with van der Waals surface area (Å²) in [6.07, 6.45) is 1.84. The molecule has 25 heavy (non-hydrogen) atoms. The maximum Gasteiger partial charge on any atom is 0.203 e. The topological polar surface area (TPSA) is 46.5 Å². The summed E-state index contributed by atoms with van der Waals surface area (Å²) in [6.45, 7) is 6.67. The maximum atomic E-state index is 5.92. The first-order valence-corrected chi connectivity index (χ1v) is 8.99. The van der Waals surface area contributed by atoms with Gasteiger partial charge in [0.15, 0.2) is 0 Å². The average molecular weight is 351 g/mol. The molecule has 5 heteroatoms. The van der Waals surface area contributed by atoms with Crippen molar-refractivity contribution in [2.45, 2.75) is 27.4 Å². The Bertz CT molecular complexity index is 849. The number of benzene rings is 2. The van der Waals surface area contributed by atoms with Crippen LogP contribution in [0, 0.1) is 20.8 Å². The normalized spacial score (nSPS) is 11.0. The molecule has 0 saturated heterocycles. The van der Waals surface area contributed by atoms with Gasteiger partial charge in [0, 0.05) is 10.9 Å². The van der Waals surface area contributed by atoms with Gasteiger partial charge in [-0.1, -0.05) is 30.3 Å². The molecule has 3 aromatic rings. The Morgan fingerprint density at radius 1 is 1.12 bits per heavy atom. The molecule has 0 spiro atoms. The third kappa shape index (κ3) is 4.67. The van der Waals surface area contributed by atoms with Crippen LogP contribution in [-0.4, -0.2) is 11.2 Å². The summed E-state index contributed by atoms with van der Waals surface area (Å²) < 4.78 is 5.92. The minimum Gasteiger partial charge on any atom is -0.489 e. The minimum absolute atomic E-state index is 0.568. The highest BCUT2D eigenvalue weighted by Gasteiger charge is 2.05. The molecule has 0 radical (unpaired) electrons. The number of aryl methyl sites for hydroxylation is 3. The zero-order chi connectivity index (χ0) is 17.6. The maximum absolute atomic E-state index is 5.92. The Morgan fingerprint density at radius 2 is 1.84 bits per heavy atom. The Balaban J connectivity index is 1.67. The Kier molecular flexibility index (Phi) is 5.46. The molecule has 0 aliphatic rings. The van der Waals surface area contributed by atoms with Gasteiger partial charge in [-0.25, -0.2) is 4.98 Å². The van der Waals surface area contributed by atoms with Crippen LogP contribution >= 0.6 is 11.3 Å². The molecule has 0 atom stereocenters. The quantitative estimate of drug-likeness (QED) is 0.497. The SMILES string of the molecule is Cc1csc(NN=Cc2c(C)cc(OCc3ccccc3)cc2C)n1. The van der Waals surface area contributed by atoms with Crippen molar-refractivity contribution < 1.29 is 4.74 Å². The van der Waals surface area contributed by atoms with E-state index in [4.69, 9.17) is 4.74 Å². The van der Waals surface area contributed by atoms with E-state index in [-0.39, 0.29) is 0 Å².